The lowest BCUT2D eigenvalue weighted by Crippen LogP contribution is -2.43. The zero-order valence-electron chi connectivity index (χ0n) is 16.0. The molecule has 0 spiro atoms. The second-order valence-electron chi connectivity index (χ2n) is 8.38. The predicted molar refractivity (Wildman–Crippen MR) is 98.8 cm³/mol. The number of ether oxygens (including phenoxy) is 1. The van der Waals surface area contributed by atoms with Gasteiger partial charge in [0.15, 0.2) is 17.1 Å². The fourth-order valence-corrected chi connectivity index (χ4v) is 5.29. The highest BCUT2D eigenvalue weighted by atomic mass is 16.5. The lowest BCUT2D eigenvalue weighted by molar-refractivity contribution is 0.0903. The van der Waals surface area contributed by atoms with Crippen LogP contribution in [0.2, 0.25) is 0 Å². The van der Waals surface area contributed by atoms with Crippen LogP contribution in [0, 0.1) is 5.41 Å². The van der Waals surface area contributed by atoms with E-state index in [0.29, 0.717) is 17.5 Å². The number of furan rings is 1. The second-order valence-corrected chi connectivity index (χ2v) is 8.38. The fraction of sp³-hybridized carbons (Fsp3) is 0.476. The number of Topliss-reactive ketones (excluding diaryl/α,β-unsaturated/α-hetero) is 1. The van der Waals surface area contributed by atoms with Crippen molar-refractivity contribution in [1.29, 1.82) is 0 Å². The van der Waals surface area contributed by atoms with Crippen LogP contribution in [0.15, 0.2) is 22.0 Å². The van der Waals surface area contributed by atoms with Crippen molar-refractivity contribution in [3.63, 3.8) is 0 Å². The van der Waals surface area contributed by atoms with Gasteiger partial charge in [-0.2, -0.15) is 0 Å². The molecule has 1 atom stereocenters. The molecule has 3 N–H and O–H groups in total. The highest BCUT2D eigenvalue weighted by molar-refractivity contribution is 6.17. The van der Waals surface area contributed by atoms with Gasteiger partial charge in [0.25, 0.3) is 0 Å². The molecule has 144 valence electrons. The number of aliphatic hydroxyl groups is 1. The Kier molecular flexibility index (Phi) is 3.66. The highest BCUT2D eigenvalue weighted by Crippen LogP contribution is 2.60. The van der Waals surface area contributed by atoms with Crippen molar-refractivity contribution in [2.24, 2.45) is 5.41 Å². The van der Waals surface area contributed by atoms with Crippen LogP contribution >= 0.6 is 0 Å². The van der Waals surface area contributed by atoms with Crippen molar-refractivity contribution in [3.05, 3.63) is 34.3 Å². The molecule has 6 nitrogen and oxygen atoms in total. The monoisotopic (exact) mass is 372 g/mol. The van der Waals surface area contributed by atoms with Gasteiger partial charge in [0, 0.05) is 16.5 Å². The summed E-state index contributed by atoms with van der Waals surface area (Å²) in [4.78, 5) is 13.3. The number of ketones is 1. The van der Waals surface area contributed by atoms with Crippen molar-refractivity contribution < 1.29 is 29.3 Å². The number of benzene rings is 1. The van der Waals surface area contributed by atoms with Crippen LogP contribution in [-0.2, 0) is 16.8 Å². The summed E-state index contributed by atoms with van der Waals surface area (Å²) >= 11 is 0. The Morgan fingerprint density at radius 3 is 2.52 bits per heavy atom. The number of carbonyl (C=O) groups is 1. The fourth-order valence-electron chi connectivity index (χ4n) is 5.29. The van der Waals surface area contributed by atoms with E-state index in [1.54, 1.807) is 0 Å². The van der Waals surface area contributed by atoms with E-state index in [1.165, 1.54) is 13.4 Å². The quantitative estimate of drug-likeness (QED) is 0.691. The van der Waals surface area contributed by atoms with Crippen LogP contribution in [-0.4, -0.2) is 28.2 Å². The zero-order chi connectivity index (χ0) is 19.7. The molecule has 1 aromatic carbocycles. The van der Waals surface area contributed by atoms with Crippen LogP contribution in [0.1, 0.15) is 61.5 Å². The largest absolute Gasteiger partial charge is 0.506 e. The Hall–Kier alpha value is -2.47. The Balaban J connectivity index is 2.18. The van der Waals surface area contributed by atoms with Gasteiger partial charge < -0.3 is 24.5 Å². The summed E-state index contributed by atoms with van der Waals surface area (Å²) in [7, 11) is 1.46. The predicted octanol–water partition coefficient (Wildman–Crippen LogP) is 3.90. The summed E-state index contributed by atoms with van der Waals surface area (Å²) in [6, 6.07) is 0. The smallest absolute Gasteiger partial charge is 0.231 e. The van der Waals surface area contributed by atoms with Gasteiger partial charge in [-0.05, 0) is 23.8 Å². The molecule has 0 aliphatic heterocycles. The normalized spacial score (nSPS) is 24.1. The Morgan fingerprint density at radius 2 is 1.89 bits per heavy atom. The first-order valence-electron chi connectivity index (χ1n) is 9.12. The molecule has 1 heterocycles. The standard InChI is InChI=1S/C21H24O6/c1-20(2)6-5-7-21(3)13-12(15(24)18(26-4)19(20)21)14(23)11-10(8-22)9-27-17(11)16(13)25/h9,22-23,25H,5-8H2,1-4H3/t21-/m1/s1. The number of phenolic OH excluding ortho intramolecular Hbond substituents is 2. The molecule has 4 rings (SSSR count). The molecule has 0 radical (unpaired) electrons. The summed E-state index contributed by atoms with van der Waals surface area (Å²) in [5.74, 6) is -0.648. The van der Waals surface area contributed by atoms with E-state index >= 15 is 0 Å². The maximum absolute atomic E-state index is 13.3. The molecule has 27 heavy (non-hydrogen) atoms. The van der Waals surface area contributed by atoms with E-state index in [4.69, 9.17) is 9.15 Å². The van der Waals surface area contributed by atoms with Gasteiger partial charge in [0.1, 0.15) is 5.75 Å². The maximum atomic E-state index is 13.3. The molecule has 6 heteroatoms. The van der Waals surface area contributed by atoms with Crippen LogP contribution in [0.3, 0.4) is 0 Å². The minimum Gasteiger partial charge on any atom is -0.506 e. The maximum Gasteiger partial charge on any atom is 0.231 e. The minimum atomic E-state index is -0.668. The number of fused-ring (bicyclic) bond motifs is 4. The SMILES string of the molecule is COC1=C2C(C)(C)CCC[C@]2(C)c2c(c(O)c3c(CO)coc3c2O)C1=O. The summed E-state index contributed by atoms with van der Waals surface area (Å²) < 4.78 is 11.0. The summed E-state index contributed by atoms with van der Waals surface area (Å²) in [5.41, 5.74) is 0.727. The number of hydrogen-bond donors (Lipinski definition) is 3. The molecule has 1 fully saturated rings. The molecular formula is C21H24O6. The van der Waals surface area contributed by atoms with Crippen LogP contribution in [0.4, 0.5) is 0 Å². The molecule has 2 aromatic rings. The van der Waals surface area contributed by atoms with E-state index < -0.39 is 11.2 Å². The van der Waals surface area contributed by atoms with Crippen LogP contribution < -0.4 is 0 Å². The van der Waals surface area contributed by atoms with Crippen molar-refractivity contribution in [2.75, 3.05) is 7.11 Å². The average Bonchev–Trinajstić information content (AvgIpc) is 3.04. The van der Waals surface area contributed by atoms with Crippen molar-refractivity contribution in [2.45, 2.75) is 52.1 Å². The van der Waals surface area contributed by atoms with E-state index in [1.807, 2.05) is 6.92 Å². The lowest BCUT2D eigenvalue weighted by Gasteiger charge is -2.49. The molecule has 1 aromatic heterocycles. The molecule has 0 saturated heterocycles. The van der Waals surface area contributed by atoms with Gasteiger partial charge in [-0.15, -0.1) is 0 Å². The van der Waals surface area contributed by atoms with Crippen LogP contribution in [0.5, 0.6) is 11.5 Å². The average molecular weight is 372 g/mol. The molecule has 0 bridgehead atoms. The van der Waals surface area contributed by atoms with Crippen molar-refractivity contribution >= 4 is 16.8 Å². The summed E-state index contributed by atoms with van der Waals surface area (Å²) in [6.45, 7) is 5.75. The van der Waals surface area contributed by atoms with E-state index in [-0.39, 0.29) is 45.8 Å². The third-order valence-electron chi connectivity index (χ3n) is 6.34. The Labute approximate surface area is 157 Å². The van der Waals surface area contributed by atoms with E-state index in [0.717, 1.165) is 18.4 Å². The van der Waals surface area contributed by atoms with Gasteiger partial charge in [-0.3, -0.25) is 4.79 Å². The highest BCUT2D eigenvalue weighted by Gasteiger charge is 2.53. The number of aliphatic hydroxyl groups excluding tert-OH is 1. The Bertz CT molecular complexity index is 1010. The number of carbonyl (C=O) groups excluding carboxylic acids is 1. The van der Waals surface area contributed by atoms with E-state index in [2.05, 4.69) is 13.8 Å². The molecule has 2 aliphatic rings. The van der Waals surface area contributed by atoms with Gasteiger partial charge >= 0.3 is 0 Å². The number of rotatable bonds is 2. The number of methoxy groups -OCH3 is 1. The van der Waals surface area contributed by atoms with Gasteiger partial charge in [-0.1, -0.05) is 27.2 Å². The van der Waals surface area contributed by atoms with E-state index in [9.17, 15) is 20.1 Å². The van der Waals surface area contributed by atoms with Crippen LogP contribution in [0.25, 0.3) is 11.0 Å². The zero-order valence-corrected chi connectivity index (χ0v) is 16.0. The number of aromatic hydroxyl groups is 2. The second kappa shape index (κ2) is 5.52. The topological polar surface area (TPSA) is 100 Å². The molecule has 1 saturated carbocycles. The molecule has 0 unspecified atom stereocenters. The number of phenols is 2. The number of allylic oxidation sites excluding steroid dienone is 2. The first kappa shape index (κ1) is 17.9. The summed E-state index contributed by atoms with van der Waals surface area (Å²) in [5, 5.41) is 31.7. The third kappa shape index (κ3) is 2.07. The third-order valence-corrected chi connectivity index (χ3v) is 6.34. The van der Waals surface area contributed by atoms with Gasteiger partial charge in [0.05, 0.1) is 30.9 Å². The first-order valence-corrected chi connectivity index (χ1v) is 9.12. The van der Waals surface area contributed by atoms with Crippen molar-refractivity contribution in [1.82, 2.24) is 0 Å². The van der Waals surface area contributed by atoms with Gasteiger partial charge in [0.2, 0.25) is 5.78 Å². The summed E-state index contributed by atoms with van der Waals surface area (Å²) in [6.07, 6.45) is 3.82. The van der Waals surface area contributed by atoms with Gasteiger partial charge in [-0.25, -0.2) is 0 Å². The number of hydrogen-bond acceptors (Lipinski definition) is 6. The first-order chi connectivity index (χ1) is 12.7. The molecular weight excluding hydrogens is 348 g/mol. The van der Waals surface area contributed by atoms with Crippen molar-refractivity contribution in [3.8, 4) is 11.5 Å². The lowest BCUT2D eigenvalue weighted by atomic mass is 9.54. The molecule has 2 aliphatic carbocycles. The molecule has 0 amide bonds. The Morgan fingerprint density at radius 1 is 1.19 bits per heavy atom. The minimum absolute atomic E-state index is 0.0388.